The van der Waals surface area contributed by atoms with Crippen molar-refractivity contribution in [1.29, 1.82) is 0 Å². The average molecular weight is 226 g/mol. The highest BCUT2D eigenvalue weighted by Crippen LogP contribution is 2.09. The molecule has 1 N–H and O–H groups in total. The molecule has 1 atom stereocenters. The molecule has 80 valence electrons. The van der Waals surface area contributed by atoms with E-state index in [9.17, 15) is 9.00 Å². The van der Waals surface area contributed by atoms with E-state index in [1.165, 1.54) is 31.4 Å². The van der Waals surface area contributed by atoms with E-state index in [0.29, 0.717) is 10.5 Å². The number of carbonyl (C=O) groups is 1. The minimum Gasteiger partial charge on any atom is -0.466 e. The number of methoxy groups -OCH3 is 1. The summed E-state index contributed by atoms with van der Waals surface area (Å²) in [5.74, 6) is -0.467. The van der Waals surface area contributed by atoms with Crippen molar-refractivity contribution in [2.75, 3.05) is 7.11 Å². The zero-order valence-electron chi connectivity index (χ0n) is 8.04. The fourth-order valence-electron chi connectivity index (χ4n) is 0.959. The molecule has 15 heavy (non-hydrogen) atoms. The molecule has 0 fully saturated rings. The van der Waals surface area contributed by atoms with Gasteiger partial charge < -0.3 is 9.29 Å². The number of ether oxygens (including phenoxy) is 1. The van der Waals surface area contributed by atoms with Gasteiger partial charge in [0.1, 0.15) is 0 Å². The predicted molar refractivity (Wildman–Crippen MR) is 56.5 cm³/mol. The lowest BCUT2D eigenvalue weighted by atomic mass is 10.2. The molecule has 0 bridgehead atoms. The summed E-state index contributed by atoms with van der Waals surface area (Å²) in [6.45, 7) is 0. The maximum absolute atomic E-state index is 10.8. The Morgan fingerprint density at radius 2 is 2.27 bits per heavy atom. The largest absolute Gasteiger partial charge is 0.466 e. The number of hydrogen-bond donors (Lipinski definition) is 1. The summed E-state index contributed by atoms with van der Waals surface area (Å²) < 4.78 is 24.0. The van der Waals surface area contributed by atoms with E-state index in [1.807, 2.05) is 0 Å². The van der Waals surface area contributed by atoms with E-state index < -0.39 is 17.0 Å². The van der Waals surface area contributed by atoms with Crippen LogP contribution in [-0.2, 0) is 20.6 Å². The Kier molecular flexibility index (Phi) is 4.20. The third kappa shape index (κ3) is 3.65. The number of hydrogen-bond acceptors (Lipinski definition) is 3. The van der Waals surface area contributed by atoms with Crippen LogP contribution in [-0.4, -0.2) is 21.8 Å². The van der Waals surface area contributed by atoms with Crippen molar-refractivity contribution < 1.29 is 18.3 Å². The molecule has 5 heteroatoms. The molecular weight excluding hydrogens is 216 g/mol. The van der Waals surface area contributed by atoms with Crippen molar-refractivity contribution >= 4 is 23.1 Å². The van der Waals surface area contributed by atoms with Crippen LogP contribution in [0.25, 0.3) is 6.08 Å². The topological polar surface area (TPSA) is 63.6 Å². The molecule has 0 aliphatic rings. The van der Waals surface area contributed by atoms with Crippen molar-refractivity contribution in [2.24, 2.45) is 0 Å². The van der Waals surface area contributed by atoms with Gasteiger partial charge in [-0.05, 0) is 23.8 Å². The molecule has 1 aromatic carbocycles. The van der Waals surface area contributed by atoms with Crippen LogP contribution in [0.1, 0.15) is 5.56 Å². The Balaban J connectivity index is 2.87. The Morgan fingerprint density at radius 1 is 1.53 bits per heavy atom. The molecule has 1 unspecified atom stereocenters. The van der Waals surface area contributed by atoms with E-state index in [2.05, 4.69) is 4.74 Å². The Morgan fingerprint density at radius 3 is 2.87 bits per heavy atom. The molecular formula is C10H10O4S. The first kappa shape index (κ1) is 11.6. The van der Waals surface area contributed by atoms with Gasteiger partial charge in [0.15, 0.2) is 11.1 Å². The highest BCUT2D eigenvalue weighted by molar-refractivity contribution is 7.79. The summed E-state index contributed by atoms with van der Waals surface area (Å²) in [6.07, 6.45) is 2.77. The monoisotopic (exact) mass is 226 g/mol. The second-order valence-corrected chi connectivity index (χ2v) is 3.65. The summed E-state index contributed by atoms with van der Waals surface area (Å²) >= 11 is -2.01. The van der Waals surface area contributed by atoms with Crippen LogP contribution < -0.4 is 0 Å². The zero-order valence-corrected chi connectivity index (χ0v) is 8.86. The third-order valence-electron chi connectivity index (χ3n) is 1.67. The number of benzene rings is 1. The number of rotatable bonds is 3. The first-order chi connectivity index (χ1) is 7.13. The lowest BCUT2D eigenvalue weighted by Gasteiger charge is -1.96. The summed E-state index contributed by atoms with van der Waals surface area (Å²) in [7, 11) is 1.28. The van der Waals surface area contributed by atoms with Crippen LogP contribution in [0.2, 0.25) is 0 Å². The summed E-state index contributed by atoms with van der Waals surface area (Å²) in [4.78, 5) is 11.1. The molecule has 1 aromatic rings. The van der Waals surface area contributed by atoms with E-state index in [0.717, 1.165) is 0 Å². The lowest BCUT2D eigenvalue weighted by Crippen LogP contribution is -1.93. The van der Waals surface area contributed by atoms with Crippen molar-refractivity contribution in [3.63, 3.8) is 0 Å². The Hall–Kier alpha value is -1.46. The molecule has 0 heterocycles. The van der Waals surface area contributed by atoms with Gasteiger partial charge in [-0.15, -0.1) is 0 Å². The normalized spacial score (nSPS) is 12.7. The SMILES string of the molecule is COC(=O)/C=C/c1cccc(S(=O)O)c1. The van der Waals surface area contributed by atoms with E-state index >= 15 is 0 Å². The molecule has 0 saturated heterocycles. The fraction of sp³-hybridized carbons (Fsp3) is 0.100. The Labute approximate surface area is 89.9 Å². The second kappa shape index (κ2) is 5.43. The molecule has 0 aliphatic heterocycles. The minimum atomic E-state index is -2.01. The molecule has 0 spiro atoms. The van der Waals surface area contributed by atoms with Gasteiger partial charge in [-0.2, -0.15) is 0 Å². The highest BCUT2D eigenvalue weighted by Gasteiger charge is 1.99. The summed E-state index contributed by atoms with van der Waals surface area (Å²) in [5.41, 5.74) is 0.667. The molecule has 1 rings (SSSR count). The molecule has 0 radical (unpaired) electrons. The zero-order chi connectivity index (χ0) is 11.3. The maximum Gasteiger partial charge on any atom is 0.330 e. The number of carbonyl (C=O) groups excluding carboxylic acids is 1. The maximum atomic E-state index is 10.8. The van der Waals surface area contributed by atoms with Crippen molar-refractivity contribution in [1.82, 2.24) is 0 Å². The summed E-state index contributed by atoms with van der Waals surface area (Å²) in [5, 5.41) is 0. The first-order valence-electron chi connectivity index (χ1n) is 4.10. The van der Waals surface area contributed by atoms with Gasteiger partial charge >= 0.3 is 5.97 Å². The van der Waals surface area contributed by atoms with Crippen molar-refractivity contribution in [3.05, 3.63) is 35.9 Å². The quantitative estimate of drug-likeness (QED) is 0.481. The molecule has 0 saturated carbocycles. The highest BCUT2D eigenvalue weighted by atomic mass is 32.2. The standard InChI is InChI=1S/C10H10O4S/c1-14-10(11)6-5-8-3-2-4-9(7-8)15(12)13/h2-7H,1H3,(H,12,13)/b6-5+. The first-order valence-corrected chi connectivity index (χ1v) is 5.21. The van der Waals surface area contributed by atoms with Crippen molar-refractivity contribution in [2.45, 2.75) is 4.90 Å². The van der Waals surface area contributed by atoms with Gasteiger partial charge in [-0.3, -0.25) is 0 Å². The number of esters is 1. The van der Waals surface area contributed by atoms with Crippen LogP contribution in [0.15, 0.2) is 35.2 Å². The van der Waals surface area contributed by atoms with Gasteiger partial charge in [0, 0.05) is 6.08 Å². The van der Waals surface area contributed by atoms with Crippen molar-refractivity contribution in [3.8, 4) is 0 Å². The van der Waals surface area contributed by atoms with Gasteiger partial charge in [-0.1, -0.05) is 12.1 Å². The van der Waals surface area contributed by atoms with E-state index in [1.54, 1.807) is 12.1 Å². The van der Waals surface area contributed by atoms with Crippen LogP contribution in [0.3, 0.4) is 0 Å². The van der Waals surface area contributed by atoms with Crippen LogP contribution in [0.5, 0.6) is 0 Å². The lowest BCUT2D eigenvalue weighted by molar-refractivity contribution is -0.134. The van der Waals surface area contributed by atoms with E-state index in [4.69, 9.17) is 4.55 Å². The summed E-state index contributed by atoms with van der Waals surface area (Å²) in [6, 6.07) is 6.41. The molecule has 0 amide bonds. The minimum absolute atomic E-state index is 0.294. The van der Waals surface area contributed by atoms with Gasteiger partial charge in [-0.25, -0.2) is 9.00 Å². The van der Waals surface area contributed by atoms with Crippen LogP contribution >= 0.6 is 0 Å². The smallest absolute Gasteiger partial charge is 0.330 e. The van der Waals surface area contributed by atoms with Gasteiger partial charge in [0.25, 0.3) is 0 Å². The van der Waals surface area contributed by atoms with Crippen LogP contribution in [0, 0.1) is 0 Å². The van der Waals surface area contributed by atoms with E-state index in [-0.39, 0.29) is 0 Å². The Bertz CT molecular complexity index is 412. The second-order valence-electron chi connectivity index (χ2n) is 2.68. The molecule has 0 aliphatic carbocycles. The average Bonchev–Trinajstić information content (AvgIpc) is 2.26. The third-order valence-corrected chi connectivity index (χ3v) is 2.33. The molecule has 4 nitrogen and oxygen atoms in total. The van der Waals surface area contributed by atoms with Crippen LogP contribution in [0.4, 0.5) is 0 Å². The fourth-order valence-corrected chi connectivity index (χ4v) is 1.39. The van der Waals surface area contributed by atoms with Gasteiger partial charge in [0.2, 0.25) is 0 Å². The van der Waals surface area contributed by atoms with Gasteiger partial charge in [0.05, 0.1) is 12.0 Å². The molecule has 0 aromatic heterocycles. The predicted octanol–water partition coefficient (Wildman–Crippen LogP) is 1.45.